The Morgan fingerprint density at radius 1 is 1.45 bits per heavy atom. The first-order chi connectivity index (χ1) is 9.74. The summed E-state index contributed by atoms with van der Waals surface area (Å²) in [7, 11) is 0. The molecule has 5 heteroatoms. The number of ether oxygens (including phenoxy) is 1. The highest BCUT2D eigenvalue weighted by molar-refractivity contribution is 9.10. The van der Waals surface area contributed by atoms with Crippen molar-refractivity contribution in [3.8, 4) is 0 Å². The summed E-state index contributed by atoms with van der Waals surface area (Å²) in [4.78, 5) is 0. The van der Waals surface area contributed by atoms with Crippen LogP contribution in [-0.2, 0) is 4.74 Å². The van der Waals surface area contributed by atoms with Crippen molar-refractivity contribution in [1.82, 2.24) is 5.43 Å². The number of rotatable bonds is 3. The molecule has 0 bridgehead atoms. The summed E-state index contributed by atoms with van der Waals surface area (Å²) in [6.45, 7) is 0.855. The molecular formula is C15H21BrN2OS. The highest BCUT2D eigenvalue weighted by Crippen LogP contribution is 2.44. The Kier molecular flexibility index (Phi) is 4.72. The third-order valence-electron chi connectivity index (χ3n) is 4.49. The number of hydrazine groups is 1. The van der Waals surface area contributed by atoms with E-state index in [1.165, 1.54) is 17.7 Å². The summed E-state index contributed by atoms with van der Waals surface area (Å²) in [5.74, 6) is 8.77. The van der Waals surface area contributed by atoms with Gasteiger partial charge in [0.15, 0.2) is 0 Å². The molecule has 0 radical (unpaired) electrons. The molecule has 0 aliphatic carbocycles. The third kappa shape index (κ3) is 2.92. The van der Waals surface area contributed by atoms with E-state index in [1.54, 1.807) is 0 Å². The summed E-state index contributed by atoms with van der Waals surface area (Å²) in [5, 5.41) is 0. The molecule has 2 aliphatic heterocycles. The van der Waals surface area contributed by atoms with Crippen molar-refractivity contribution in [2.24, 2.45) is 11.8 Å². The monoisotopic (exact) mass is 356 g/mol. The molecule has 3 rings (SSSR count). The molecule has 3 N–H and O–H groups in total. The van der Waals surface area contributed by atoms with Crippen LogP contribution in [0.15, 0.2) is 28.7 Å². The standard InChI is InChI=1S/C15H21BrN2OS/c16-13-4-2-1-3-12(13)14(18-17)11-5-7-19-15(9-11)6-8-20-10-15/h1-4,11,14,18H,5-10,17H2. The number of halogens is 1. The summed E-state index contributed by atoms with van der Waals surface area (Å²) < 4.78 is 7.25. The van der Waals surface area contributed by atoms with Gasteiger partial charge >= 0.3 is 0 Å². The summed E-state index contributed by atoms with van der Waals surface area (Å²) >= 11 is 5.66. The van der Waals surface area contributed by atoms with Gasteiger partial charge in [0.2, 0.25) is 0 Å². The first kappa shape index (κ1) is 14.9. The summed E-state index contributed by atoms with van der Waals surface area (Å²) in [6.07, 6.45) is 3.36. The second kappa shape index (κ2) is 6.36. The molecule has 1 aromatic carbocycles. The van der Waals surface area contributed by atoms with E-state index < -0.39 is 0 Å². The van der Waals surface area contributed by atoms with E-state index in [2.05, 4.69) is 39.6 Å². The zero-order chi connectivity index (χ0) is 14.0. The smallest absolute Gasteiger partial charge is 0.0783 e. The number of hydrogen-bond acceptors (Lipinski definition) is 4. The fourth-order valence-corrected chi connectivity index (χ4v) is 5.33. The van der Waals surface area contributed by atoms with E-state index in [1.807, 2.05) is 17.8 Å². The van der Waals surface area contributed by atoms with Crippen LogP contribution in [0.5, 0.6) is 0 Å². The normalized spacial score (nSPS) is 31.6. The van der Waals surface area contributed by atoms with Crippen molar-refractivity contribution in [1.29, 1.82) is 0 Å². The first-order valence-electron chi connectivity index (χ1n) is 7.16. The SMILES string of the molecule is NNC(c1ccccc1Br)C1CCOC2(CCSC2)C1. The highest BCUT2D eigenvalue weighted by atomic mass is 79.9. The van der Waals surface area contributed by atoms with Crippen LogP contribution < -0.4 is 11.3 Å². The number of thioether (sulfide) groups is 1. The Hall–Kier alpha value is -0.0700. The predicted molar refractivity (Wildman–Crippen MR) is 87.6 cm³/mol. The average molecular weight is 357 g/mol. The maximum atomic E-state index is 6.12. The van der Waals surface area contributed by atoms with E-state index >= 15 is 0 Å². The van der Waals surface area contributed by atoms with E-state index in [0.29, 0.717) is 5.92 Å². The number of hydrogen-bond donors (Lipinski definition) is 2. The van der Waals surface area contributed by atoms with Crippen LogP contribution in [0.4, 0.5) is 0 Å². The van der Waals surface area contributed by atoms with Crippen LogP contribution in [0.2, 0.25) is 0 Å². The van der Waals surface area contributed by atoms with Crippen molar-refractivity contribution in [3.05, 3.63) is 34.3 Å². The predicted octanol–water partition coefficient (Wildman–Crippen LogP) is 3.26. The maximum absolute atomic E-state index is 6.12. The lowest BCUT2D eigenvalue weighted by molar-refractivity contribution is -0.0854. The first-order valence-corrected chi connectivity index (χ1v) is 9.11. The second-order valence-corrected chi connectivity index (χ2v) is 7.71. The summed E-state index contributed by atoms with van der Waals surface area (Å²) in [6, 6.07) is 8.54. The number of benzene rings is 1. The Morgan fingerprint density at radius 3 is 3.00 bits per heavy atom. The van der Waals surface area contributed by atoms with Gasteiger partial charge in [0.05, 0.1) is 11.6 Å². The fraction of sp³-hybridized carbons (Fsp3) is 0.600. The lowest BCUT2D eigenvalue weighted by Gasteiger charge is -2.41. The lowest BCUT2D eigenvalue weighted by Crippen LogP contribution is -2.45. The Balaban J connectivity index is 1.81. The van der Waals surface area contributed by atoms with E-state index in [9.17, 15) is 0 Å². The molecule has 2 aliphatic rings. The van der Waals surface area contributed by atoms with Crippen molar-refractivity contribution in [3.63, 3.8) is 0 Å². The Labute approximate surface area is 133 Å². The molecule has 1 spiro atoms. The van der Waals surface area contributed by atoms with Crippen molar-refractivity contribution in [2.45, 2.75) is 30.9 Å². The molecule has 0 amide bonds. The number of nitrogens with one attached hydrogen (secondary N) is 1. The van der Waals surface area contributed by atoms with Gasteiger partial charge < -0.3 is 4.74 Å². The third-order valence-corrected chi connectivity index (χ3v) is 6.43. The van der Waals surface area contributed by atoms with Crippen molar-refractivity contribution in [2.75, 3.05) is 18.1 Å². The molecule has 1 aromatic rings. The molecule has 2 fully saturated rings. The van der Waals surface area contributed by atoms with Gasteiger partial charge in [-0.25, -0.2) is 0 Å². The van der Waals surface area contributed by atoms with Crippen LogP contribution in [0.1, 0.15) is 30.9 Å². The van der Waals surface area contributed by atoms with Crippen molar-refractivity contribution >= 4 is 27.7 Å². The van der Waals surface area contributed by atoms with Gasteiger partial charge in [-0.05, 0) is 42.6 Å². The summed E-state index contributed by atoms with van der Waals surface area (Å²) in [5.41, 5.74) is 4.40. The zero-order valence-electron chi connectivity index (χ0n) is 11.5. The van der Waals surface area contributed by atoms with Gasteiger partial charge in [-0.15, -0.1) is 0 Å². The second-order valence-electron chi connectivity index (χ2n) is 5.75. The van der Waals surface area contributed by atoms with Crippen LogP contribution in [0.3, 0.4) is 0 Å². The highest BCUT2D eigenvalue weighted by Gasteiger charge is 2.42. The molecule has 0 aromatic heterocycles. The quantitative estimate of drug-likeness (QED) is 0.644. The van der Waals surface area contributed by atoms with Crippen LogP contribution in [-0.4, -0.2) is 23.7 Å². The van der Waals surface area contributed by atoms with Crippen molar-refractivity contribution < 1.29 is 4.74 Å². The average Bonchev–Trinajstić information content (AvgIpc) is 2.90. The van der Waals surface area contributed by atoms with Gasteiger partial charge in [-0.1, -0.05) is 34.1 Å². The number of nitrogens with two attached hydrogens (primary N) is 1. The minimum absolute atomic E-state index is 0.101. The molecular weight excluding hydrogens is 336 g/mol. The van der Waals surface area contributed by atoms with Gasteiger partial charge in [-0.3, -0.25) is 11.3 Å². The molecule has 2 saturated heterocycles. The van der Waals surface area contributed by atoms with Gasteiger partial charge in [0.1, 0.15) is 0 Å². The minimum atomic E-state index is 0.101. The molecule has 2 heterocycles. The van der Waals surface area contributed by atoms with Gasteiger partial charge in [0.25, 0.3) is 0 Å². The van der Waals surface area contributed by atoms with Crippen LogP contribution in [0.25, 0.3) is 0 Å². The van der Waals surface area contributed by atoms with Crippen LogP contribution in [0, 0.1) is 5.92 Å². The Bertz CT molecular complexity index is 465. The van der Waals surface area contributed by atoms with E-state index in [4.69, 9.17) is 10.6 Å². The van der Waals surface area contributed by atoms with Gasteiger partial charge in [-0.2, -0.15) is 11.8 Å². The molecule has 3 nitrogen and oxygen atoms in total. The molecule has 110 valence electrons. The molecule has 3 atom stereocenters. The Morgan fingerprint density at radius 2 is 2.30 bits per heavy atom. The van der Waals surface area contributed by atoms with E-state index in [0.717, 1.165) is 29.7 Å². The molecule has 20 heavy (non-hydrogen) atoms. The lowest BCUT2D eigenvalue weighted by atomic mass is 9.79. The topological polar surface area (TPSA) is 47.3 Å². The maximum Gasteiger partial charge on any atom is 0.0783 e. The zero-order valence-corrected chi connectivity index (χ0v) is 13.9. The molecule has 3 unspecified atom stereocenters. The minimum Gasteiger partial charge on any atom is -0.374 e. The van der Waals surface area contributed by atoms with Crippen LogP contribution >= 0.6 is 27.7 Å². The van der Waals surface area contributed by atoms with Gasteiger partial charge in [0, 0.05) is 16.8 Å². The van der Waals surface area contributed by atoms with E-state index in [-0.39, 0.29) is 11.6 Å². The fourth-order valence-electron chi connectivity index (χ4n) is 3.42. The largest absolute Gasteiger partial charge is 0.374 e. The molecule has 0 saturated carbocycles.